The van der Waals surface area contributed by atoms with Crippen molar-refractivity contribution in [2.45, 2.75) is 19.4 Å². The molecule has 0 saturated heterocycles. The van der Waals surface area contributed by atoms with Crippen LogP contribution in [-0.2, 0) is 4.84 Å². The zero-order valence-electron chi connectivity index (χ0n) is 7.16. The van der Waals surface area contributed by atoms with Crippen molar-refractivity contribution in [2.24, 2.45) is 16.1 Å². The lowest BCUT2D eigenvalue weighted by Gasteiger charge is -2.14. The van der Waals surface area contributed by atoms with Crippen LogP contribution < -0.4 is 0 Å². The lowest BCUT2D eigenvalue weighted by Crippen LogP contribution is -2.25. The zero-order chi connectivity index (χ0) is 8.97. The Morgan fingerprint density at radius 1 is 2.00 bits per heavy atom. The monoisotopic (exact) mass is 167 g/mol. The van der Waals surface area contributed by atoms with Gasteiger partial charge in [0.05, 0.1) is 17.7 Å². The smallest absolute Gasteiger partial charge is 0.127 e. The largest absolute Gasteiger partial charge is 0.395 e. The van der Waals surface area contributed by atoms with Crippen molar-refractivity contribution in [1.82, 2.24) is 0 Å². The summed E-state index contributed by atoms with van der Waals surface area (Å²) in [5.41, 5.74) is 0.953. The van der Waals surface area contributed by atoms with Crippen molar-refractivity contribution in [3.63, 3.8) is 0 Å². The number of hydrogen-bond acceptors (Lipinski definition) is 4. The Hall–Kier alpha value is -1.19. The van der Waals surface area contributed by atoms with E-state index in [0.29, 0.717) is 13.0 Å². The Kier molecular flexibility index (Phi) is 2.96. The van der Waals surface area contributed by atoms with E-state index in [1.54, 1.807) is 0 Å². The minimum Gasteiger partial charge on any atom is -0.395 e. The molecule has 66 valence electrons. The molecule has 2 atom stereocenters. The van der Waals surface area contributed by atoms with Crippen LogP contribution in [0.4, 0.5) is 0 Å². The molecule has 1 aliphatic heterocycles. The van der Waals surface area contributed by atoms with Crippen LogP contribution in [0.1, 0.15) is 13.3 Å². The highest BCUT2D eigenvalue weighted by molar-refractivity contribution is 5.86. The van der Waals surface area contributed by atoms with Gasteiger partial charge in [-0.05, 0) is 19.9 Å². The fourth-order valence-corrected chi connectivity index (χ4v) is 1.28. The second-order valence-corrected chi connectivity index (χ2v) is 2.82. The second kappa shape index (κ2) is 3.99. The molecule has 0 amide bonds. The molecule has 0 aromatic carbocycles. The van der Waals surface area contributed by atoms with Crippen LogP contribution in [0.25, 0.3) is 0 Å². The van der Waals surface area contributed by atoms with Gasteiger partial charge in [-0.25, -0.2) is 0 Å². The van der Waals surface area contributed by atoms with Gasteiger partial charge in [-0.1, -0.05) is 5.16 Å². The standard InChI is InChI=1S/C8H13N3O/c1-6-7(5-12-11-6)8(10-2)3-4-9/h4,7-9H,2-3,5H2,1H3. The van der Waals surface area contributed by atoms with Gasteiger partial charge in [-0.3, -0.25) is 4.99 Å². The highest BCUT2D eigenvalue weighted by Crippen LogP contribution is 2.18. The molecular weight excluding hydrogens is 154 g/mol. The molecule has 1 N–H and O–H groups in total. The number of rotatable bonds is 4. The Morgan fingerprint density at radius 3 is 3.17 bits per heavy atom. The highest BCUT2D eigenvalue weighted by atomic mass is 16.6. The maximum absolute atomic E-state index is 6.97. The Labute approximate surface area is 71.8 Å². The summed E-state index contributed by atoms with van der Waals surface area (Å²) < 4.78 is 0. The molecule has 0 saturated carbocycles. The fourth-order valence-electron chi connectivity index (χ4n) is 1.28. The van der Waals surface area contributed by atoms with E-state index in [4.69, 9.17) is 10.2 Å². The van der Waals surface area contributed by atoms with Crippen LogP contribution in [0, 0.1) is 11.3 Å². The lowest BCUT2D eigenvalue weighted by atomic mass is 9.95. The molecule has 2 unspecified atom stereocenters. The third-order valence-corrected chi connectivity index (χ3v) is 2.06. The molecule has 0 aromatic heterocycles. The first-order valence-corrected chi connectivity index (χ1v) is 3.90. The van der Waals surface area contributed by atoms with Crippen LogP contribution in [-0.4, -0.2) is 31.3 Å². The minimum atomic E-state index is 0.0498. The molecule has 0 radical (unpaired) electrons. The quantitative estimate of drug-likeness (QED) is 0.626. The Balaban J connectivity index is 2.59. The highest BCUT2D eigenvalue weighted by Gasteiger charge is 2.27. The lowest BCUT2D eigenvalue weighted by molar-refractivity contribution is 0.149. The van der Waals surface area contributed by atoms with Crippen molar-refractivity contribution >= 4 is 18.6 Å². The molecule has 4 nitrogen and oxygen atoms in total. The number of nitrogens with one attached hydrogen (secondary N) is 1. The van der Waals surface area contributed by atoms with Crippen molar-refractivity contribution in [2.75, 3.05) is 6.61 Å². The summed E-state index contributed by atoms with van der Waals surface area (Å²) in [6.07, 6.45) is 1.97. The van der Waals surface area contributed by atoms with E-state index in [9.17, 15) is 0 Å². The zero-order valence-corrected chi connectivity index (χ0v) is 7.16. The van der Waals surface area contributed by atoms with Crippen molar-refractivity contribution in [1.29, 1.82) is 5.41 Å². The first-order valence-electron chi connectivity index (χ1n) is 3.90. The number of oxime groups is 1. The molecule has 4 heteroatoms. The fraction of sp³-hybridized carbons (Fsp3) is 0.625. The molecule has 1 heterocycles. The van der Waals surface area contributed by atoms with E-state index >= 15 is 0 Å². The molecule has 12 heavy (non-hydrogen) atoms. The number of aliphatic imine (C=N–C) groups is 1. The van der Waals surface area contributed by atoms with E-state index in [1.165, 1.54) is 6.21 Å². The summed E-state index contributed by atoms with van der Waals surface area (Å²) in [5.74, 6) is 0.212. The van der Waals surface area contributed by atoms with Gasteiger partial charge in [0, 0.05) is 6.42 Å². The second-order valence-electron chi connectivity index (χ2n) is 2.82. The summed E-state index contributed by atoms with van der Waals surface area (Å²) in [5, 5.41) is 10.8. The molecule has 0 aromatic rings. The van der Waals surface area contributed by atoms with Crippen LogP contribution in [0.15, 0.2) is 10.1 Å². The normalized spacial score (nSPS) is 24.1. The summed E-state index contributed by atoms with van der Waals surface area (Å²) in [6, 6.07) is 0.0498. The Bertz CT molecular complexity index is 212. The van der Waals surface area contributed by atoms with Gasteiger partial charge in [0.1, 0.15) is 6.61 Å². The maximum atomic E-state index is 6.97. The number of hydrogen-bond donors (Lipinski definition) is 1. The topological polar surface area (TPSA) is 57.8 Å². The third kappa shape index (κ3) is 1.69. The summed E-state index contributed by atoms with van der Waals surface area (Å²) in [7, 11) is 0. The van der Waals surface area contributed by atoms with E-state index < -0.39 is 0 Å². The SMILES string of the molecule is C=NC(CC=N)C1CON=C1C. The summed E-state index contributed by atoms with van der Waals surface area (Å²) >= 11 is 0. The molecule has 0 fully saturated rings. The van der Waals surface area contributed by atoms with E-state index in [-0.39, 0.29) is 12.0 Å². The molecule has 0 bridgehead atoms. The van der Waals surface area contributed by atoms with Crippen LogP contribution in [0.3, 0.4) is 0 Å². The minimum absolute atomic E-state index is 0.0498. The van der Waals surface area contributed by atoms with Gasteiger partial charge in [-0.15, -0.1) is 0 Å². The summed E-state index contributed by atoms with van der Waals surface area (Å²) in [6.45, 7) is 5.98. The summed E-state index contributed by atoms with van der Waals surface area (Å²) in [4.78, 5) is 8.87. The van der Waals surface area contributed by atoms with Gasteiger partial charge >= 0.3 is 0 Å². The Morgan fingerprint density at radius 2 is 2.75 bits per heavy atom. The molecule has 1 aliphatic rings. The molecular formula is C8H13N3O. The van der Waals surface area contributed by atoms with Gasteiger partial charge in [0.15, 0.2) is 0 Å². The van der Waals surface area contributed by atoms with Crippen molar-refractivity contribution in [3.05, 3.63) is 0 Å². The average molecular weight is 167 g/mol. The molecule has 0 aliphatic carbocycles. The van der Waals surface area contributed by atoms with Gasteiger partial charge < -0.3 is 10.2 Å². The molecule has 0 spiro atoms. The third-order valence-electron chi connectivity index (χ3n) is 2.06. The van der Waals surface area contributed by atoms with Gasteiger partial charge in [-0.2, -0.15) is 0 Å². The predicted octanol–water partition coefficient (Wildman–Crippen LogP) is 1.12. The van der Waals surface area contributed by atoms with Crippen molar-refractivity contribution < 1.29 is 4.84 Å². The predicted molar refractivity (Wildman–Crippen MR) is 49.3 cm³/mol. The number of nitrogens with zero attached hydrogens (tertiary/aromatic N) is 2. The van der Waals surface area contributed by atoms with Gasteiger partial charge in [0.2, 0.25) is 0 Å². The maximum Gasteiger partial charge on any atom is 0.127 e. The van der Waals surface area contributed by atoms with E-state index in [1.807, 2.05) is 6.92 Å². The van der Waals surface area contributed by atoms with E-state index in [2.05, 4.69) is 16.9 Å². The van der Waals surface area contributed by atoms with Crippen LogP contribution >= 0.6 is 0 Å². The first kappa shape index (κ1) is 8.90. The van der Waals surface area contributed by atoms with E-state index in [0.717, 1.165) is 5.71 Å². The van der Waals surface area contributed by atoms with Crippen LogP contribution in [0.2, 0.25) is 0 Å². The molecule has 1 rings (SSSR count). The first-order chi connectivity index (χ1) is 5.79. The average Bonchev–Trinajstić information content (AvgIpc) is 2.47. The van der Waals surface area contributed by atoms with Gasteiger partial charge in [0.25, 0.3) is 0 Å². The van der Waals surface area contributed by atoms with Crippen LogP contribution in [0.5, 0.6) is 0 Å². The van der Waals surface area contributed by atoms with Crippen molar-refractivity contribution in [3.8, 4) is 0 Å².